The first kappa shape index (κ1) is 19.8. The third-order valence-electron chi connectivity index (χ3n) is 4.28. The van der Waals surface area contributed by atoms with Crippen LogP contribution in [0.3, 0.4) is 0 Å². The van der Waals surface area contributed by atoms with Crippen molar-refractivity contribution in [3.05, 3.63) is 82.5 Å². The Bertz CT molecular complexity index is 1200. The topological polar surface area (TPSA) is 103 Å². The van der Waals surface area contributed by atoms with Crippen molar-refractivity contribution < 1.29 is 9.59 Å². The van der Waals surface area contributed by atoms with Crippen LogP contribution in [0.5, 0.6) is 0 Å². The number of nitrogens with one attached hydrogen (secondary N) is 1. The Hall–Kier alpha value is -3.49. The van der Waals surface area contributed by atoms with Gasteiger partial charge in [0.2, 0.25) is 5.91 Å². The van der Waals surface area contributed by atoms with Gasteiger partial charge in [0.25, 0.3) is 5.91 Å². The molecule has 4 rings (SSSR count). The fourth-order valence-electron chi connectivity index (χ4n) is 2.88. The molecule has 0 spiro atoms. The quantitative estimate of drug-likeness (QED) is 0.477. The third kappa shape index (κ3) is 4.40. The van der Waals surface area contributed by atoms with E-state index in [1.165, 1.54) is 5.38 Å². The summed E-state index contributed by atoms with van der Waals surface area (Å²) in [7, 11) is 0. The molecule has 7 nitrogen and oxygen atoms in total. The van der Waals surface area contributed by atoms with Crippen molar-refractivity contribution in [1.29, 1.82) is 0 Å². The number of aromatic nitrogens is 3. The fraction of sp³-hybridized carbons (Fsp3) is 0.0476. The molecular formula is C21H16ClN5O2S. The highest BCUT2D eigenvalue weighted by molar-refractivity contribution is 7.14. The summed E-state index contributed by atoms with van der Waals surface area (Å²) in [5.74, 6) is -0.913. The first-order chi connectivity index (χ1) is 14.5. The lowest BCUT2D eigenvalue weighted by atomic mass is 10.1. The van der Waals surface area contributed by atoms with Crippen molar-refractivity contribution in [3.8, 4) is 16.9 Å². The number of halogens is 1. The van der Waals surface area contributed by atoms with Crippen LogP contribution in [-0.2, 0) is 11.2 Å². The molecular weight excluding hydrogens is 422 g/mol. The summed E-state index contributed by atoms with van der Waals surface area (Å²) in [5.41, 5.74) is 8.48. The average Bonchev–Trinajstić information content (AvgIpc) is 3.37. The summed E-state index contributed by atoms with van der Waals surface area (Å²) in [6.07, 6.45) is 1.91. The zero-order valence-corrected chi connectivity index (χ0v) is 17.2. The third-order valence-corrected chi connectivity index (χ3v) is 5.29. The zero-order valence-electron chi connectivity index (χ0n) is 15.6. The van der Waals surface area contributed by atoms with Crippen molar-refractivity contribution in [1.82, 2.24) is 14.8 Å². The van der Waals surface area contributed by atoms with Gasteiger partial charge in [-0.3, -0.25) is 9.59 Å². The van der Waals surface area contributed by atoms with Gasteiger partial charge in [0.05, 0.1) is 17.8 Å². The van der Waals surface area contributed by atoms with E-state index in [1.54, 1.807) is 16.8 Å². The molecule has 150 valence electrons. The monoisotopic (exact) mass is 437 g/mol. The molecule has 0 unspecified atom stereocenters. The molecule has 0 fully saturated rings. The smallest absolute Gasteiger partial charge is 0.268 e. The van der Waals surface area contributed by atoms with Gasteiger partial charge in [0, 0.05) is 27.7 Å². The second-order valence-corrected chi connectivity index (χ2v) is 7.71. The Labute approximate surface area is 181 Å². The SMILES string of the molecule is NC(=O)c1csc(NC(=O)Cc2cn(-c3ccccc3)nc2-c2ccc(Cl)cc2)n1. The van der Waals surface area contributed by atoms with Gasteiger partial charge in [-0.25, -0.2) is 9.67 Å². The molecule has 9 heteroatoms. The molecule has 0 radical (unpaired) electrons. The van der Waals surface area contributed by atoms with E-state index in [2.05, 4.69) is 15.4 Å². The molecule has 0 aliphatic carbocycles. The predicted molar refractivity (Wildman–Crippen MR) is 117 cm³/mol. The Balaban J connectivity index is 1.63. The lowest BCUT2D eigenvalue weighted by Crippen LogP contribution is -2.15. The van der Waals surface area contributed by atoms with E-state index in [4.69, 9.17) is 17.3 Å². The number of nitrogens with zero attached hydrogens (tertiary/aromatic N) is 3. The van der Waals surface area contributed by atoms with Crippen LogP contribution in [0.4, 0.5) is 5.13 Å². The molecule has 2 amide bonds. The largest absolute Gasteiger partial charge is 0.364 e. The maximum Gasteiger partial charge on any atom is 0.268 e. The van der Waals surface area contributed by atoms with E-state index in [0.29, 0.717) is 15.8 Å². The number of para-hydroxylation sites is 1. The van der Waals surface area contributed by atoms with Crippen molar-refractivity contribution >= 4 is 39.9 Å². The number of anilines is 1. The molecule has 0 saturated heterocycles. The molecule has 3 N–H and O–H groups in total. The van der Waals surface area contributed by atoms with Gasteiger partial charge >= 0.3 is 0 Å². The molecule has 0 aliphatic rings. The summed E-state index contributed by atoms with van der Waals surface area (Å²) in [6.45, 7) is 0. The summed E-state index contributed by atoms with van der Waals surface area (Å²) in [4.78, 5) is 27.8. The van der Waals surface area contributed by atoms with Crippen LogP contribution in [0.1, 0.15) is 16.1 Å². The Morgan fingerprint density at radius 2 is 1.83 bits per heavy atom. The lowest BCUT2D eigenvalue weighted by molar-refractivity contribution is -0.115. The number of carbonyl (C=O) groups excluding carboxylic acids is 2. The first-order valence-corrected chi connectivity index (χ1v) is 10.2. The van der Waals surface area contributed by atoms with Crippen LogP contribution in [-0.4, -0.2) is 26.6 Å². The van der Waals surface area contributed by atoms with Gasteiger partial charge in [-0.05, 0) is 24.3 Å². The number of benzene rings is 2. The zero-order chi connectivity index (χ0) is 21.1. The number of hydrogen-bond acceptors (Lipinski definition) is 5. The standard InChI is InChI=1S/C21H16ClN5O2S/c22-15-8-6-13(7-9-15)19-14(11-27(26-19)16-4-2-1-3-5-16)10-18(28)25-21-24-17(12-30-21)20(23)29/h1-9,11-12H,10H2,(H2,23,29)(H,24,25,28). The molecule has 0 saturated carbocycles. The number of primary amides is 1. The predicted octanol–water partition coefficient (Wildman–Crippen LogP) is 3.93. The van der Waals surface area contributed by atoms with E-state index in [1.807, 2.05) is 48.7 Å². The Morgan fingerprint density at radius 3 is 2.50 bits per heavy atom. The van der Waals surface area contributed by atoms with Crippen LogP contribution in [0.15, 0.2) is 66.2 Å². The summed E-state index contributed by atoms with van der Waals surface area (Å²) >= 11 is 7.15. The van der Waals surface area contributed by atoms with E-state index in [-0.39, 0.29) is 18.0 Å². The molecule has 0 bridgehead atoms. The van der Waals surface area contributed by atoms with E-state index < -0.39 is 5.91 Å². The highest BCUT2D eigenvalue weighted by Crippen LogP contribution is 2.26. The van der Waals surface area contributed by atoms with E-state index in [0.717, 1.165) is 28.2 Å². The van der Waals surface area contributed by atoms with Crippen LogP contribution in [0.25, 0.3) is 16.9 Å². The van der Waals surface area contributed by atoms with Crippen molar-refractivity contribution in [2.75, 3.05) is 5.32 Å². The summed E-state index contributed by atoms with van der Waals surface area (Å²) < 4.78 is 1.74. The molecule has 2 aromatic carbocycles. The van der Waals surface area contributed by atoms with Gasteiger partial charge in [0.15, 0.2) is 5.13 Å². The fourth-order valence-corrected chi connectivity index (χ4v) is 3.73. The molecule has 2 heterocycles. The number of amides is 2. The van der Waals surface area contributed by atoms with Crippen LogP contribution in [0, 0.1) is 0 Å². The number of rotatable bonds is 6. The lowest BCUT2D eigenvalue weighted by Gasteiger charge is -2.03. The normalized spacial score (nSPS) is 10.7. The molecule has 0 atom stereocenters. The number of thiazole rings is 1. The maximum absolute atomic E-state index is 12.6. The average molecular weight is 438 g/mol. The second kappa shape index (κ2) is 8.48. The minimum atomic E-state index is -0.638. The second-order valence-electron chi connectivity index (χ2n) is 6.42. The van der Waals surface area contributed by atoms with Crippen molar-refractivity contribution in [2.24, 2.45) is 5.73 Å². The maximum atomic E-state index is 12.6. The number of nitrogens with two attached hydrogens (primary N) is 1. The minimum Gasteiger partial charge on any atom is -0.364 e. The van der Waals surface area contributed by atoms with Crippen molar-refractivity contribution in [2.45, 2.75) is 6.42 Å². The highest BCUT2D eigenvalue weighted by atomic mass is 35.5. The molecule has 0 aliphatic heterocycles. The number of hydrogen-bond donors (Lipinski definition) is 2. The van der Waals surface area contributed by atoms with Gasteiger partial charge < -0.3 is 11.1 Å². The van der Waals surface area contributed by atoms with Crippen LogP contribution >= 0.6 is 22.9 Å². The summed E-state index contributed by atoms with van der Waals surface area (Å²) in [6, 6.07) is 16.9. The minimum absolute atomic E-state index is 0.0796. The molecule has 30 heavy (non-hydrogen) atoms. The van der Waals surface area contributed by atoms with Gasteiger partial charge in [-0.1, -0.05) is 41.9 Å². The highest BCUT2D eigenvalue weighted by Gasteiger charge is 2.17. The van der Waals surface area contributed by atoms with Crippen LogP contribution in [0.2, 0.25) is 5.02 Å². The first-order valence-electron chi connectivity index (χ1n) is 8.94. The van der Waals surface area contributed by atoms with Crippen molar-refractivity contribution in [3.63, 3.8) is 0 Å². The van der Waals surface area contributed by atoms with E-state index in [9.17, 15) is 9.59 Å². The van der Waals surface area contributed by atoms with E-state index >= 15 is 0 Å². The Kier molecular flexibility index (Phi) is 5.60. The summed E-state index contributed by atoms with van der Waals surface area (Å²) in [5, 5.41) is 9.83. The molecule has 2 aromatic heterocycles. The molecule has 4 aromatic rings. The Morgan fingerprint density at radius 1 is 1.10 bits per heavy atom. The van der Waals surface area contributed by atoms with Gasteiger partial charge in [-0.2, -0.15) is 5.10 Å². The van der Waals surface area contributed by atoms with Gasteiger partial charge in [-0.15, -0.1) is 11.3 Å². The van der Waals surface area contributed by atoms with Gasteiger partial charge in [0.1, 0.15) is 5.69 Å². The number of carbonyl (C=O) groups is 2. The van der Waals surface area contributed by atoms with Crippen LogP contribution < -0.4 is 11.1 Å².